The summed E-state index contributed by atoms with van der Waals surface area (Å²) in [5.41, 5.74) is 1.45. The molecule has 0 aromatic carbocycles. The van der Waals surface area contributed by atoms with Gasteiger partial charge >= 0.3 is 0 Å². The third kappa shape index (κ3) is 2.20. The fourth-order valence-electron chi connectivity index (χ4n) is 3.26. The van der Waals surface area contributed by atoms with Crippen molar-refractivity contribution in [3.05, 3.63) is 52.6 Å². The molecule has 0 N–H and O–H groups in total. The lowest BCUT2D eigenvalue weighted by Gasteiger charge is -2.25. The van der Waals surface area contributed by atoms with E-state index in [9.17, 15) is 10.1 Å². The maximum absolute atomic E-state index is 12.2. The number of nitrogens with zero attached hydrogens (tertiary/aromatic N) is 6. The van der Waals surface area contributed by atoms with Gasteiger partial charge in [-0.25, -0.2) is 4.99 Å². The highest BCUT2D eigenvalue weighted by Crippen LogP contribution is 2.31. The fraction of sp³-hybridized carbons (Fsp3) is 0.235. The van der Waals surface area contributed by atoms with Gasteiger partial charge in [-0.1, -0.05) is 6.58 Å². The number of carbonyl (C=O) groups is 1. The summed E-state index contributed by atoms with van der Waals surface area (Å²) in [5, 5.41) is 14.8. The van der Waals surface area contributed by atoms with Crippen LogP contribution >= 0.6 is 0 Å². The Hall–Kier alpha value is -3.27. The first-order valence-corrected chi connectivity index (χ1v) is 7.64. The molecule has 0 unspecified atom stereocenters. The number of amides is 1. The molecule has 4 rings (SSSR count). The smallest absolute Gasteiger partial charge is 0.290 e. The third-order valence-electron chi connectivity index (χ3n) is 4.36. The van der Waals surface area contributed by atoms with Crippen molar-refractivity contribution in [2.24, 2.45) is 4.99 Å². The van der Waals surface area contributed by atoms with Crippen molar-refractivity contribution in [2.45, 2.75) is 12.5 Å². The van der Waals surface area contributed by atoms with E-state index in [0.717, 1.165) is 18.5 Å². The maximum Gasteiger partial charge on any atom is 0.290 e. The summed E-state index contributed by atoms with van der Waals surface area (Å²) < 4.78 is 1.92. The van der Waals surface area contributed by atoms with Gasteiger partial charge in [-0.05, 0) is 18.6 Å². The Bertz CT molecular complexity index is 999. The first kappa shape index (κ1) is 14.3. The number of hydrogen-bond donors (Lipinski definition) is 0. The molecule has 4 heterocycles. The van der Waals surface area contributed by atoms with Crippen LogP contribution in [0.25, 0.3) is 12.3 Å². The number of pyridine rings is 1. The van der Waals surface area contributed by atoms with Crippen molar-refractivity contribution >= 4 is 18.2 Å². The summed E-state index contributed by atoms with van der Waals surface area (Å²) in [6.07, 6.45) is 6.11. The molecule has 0 saturated carbocycles. The van der Waals surface area contributed by atoms with Gasteiger partial charge in [0.25, 0.3) is 5.91 Å². The lowest BCUT2D eigenvalue weighted by Crippen LogP contribution is -2.32. The summed E-state index contributed by atoms with van der Waals surface area (Å²) in [6, 6.07) is 5.90. The van der Waals surface area contributed by atoms with Crippen molar-refractivity contribution in [1.29, 1.82) is 5.26 Å². The zero-order valence-corrected chi connectivity index (χ0v) is 12.9. The van der Waals surface area contributed by atoms with Crippen LogP contribution in [0.2, 0.25) is 0 Å². The highest BCUT2D eigenvalue weighted by molar-refractivity contribution is 6.06. The van der Waals surface area contributed by atoms with E-state index in [-0.39, 0.29) is 11.6 Å². The molecule has 0 bridgehead atoms. The number of rotatable bonds is 2. The monoisotopic (exact) mass is 318 g/mol. The van der Waals surface area contributed by atoms with Gasteiger partial charge in [0, 0.05) is 31.0 Å². The molecule has 2 aliphatic heterocycles. The molecule has 7 nitrogen and oxygen atoms in total. The first-order valence-electron chi connectivity index (χ1n) is 7.64. The first-order chi connectivity index (χ1) is 11.7. The van der Waals surface area contributed by atoms with Gasteiger partial charge in [0.15, 0.2) is 0 Å². The van der Waals surface area contributed by atoms with Crippen LogP contribution < -0.4 is 10.7 Å². The summed E-state index contributed by atoms with van der Waals surface area (Å²) in [6.45, 7) is 5.27. The average Bonchev–Trinajstić information content (AvgIpc) is 3.25. The Morgan fingerprint density at radius 1 is 1.42 bits per heavy atom. The standard InChI is InChI=1S/C17H14N6O/c1-11-7-13-15(9-19-11)21-17(24)14(8-18)16(13)22-6-3-12(10-22)23-5-2-4-20-23/h2,4-5,7,9,12H,1,3,6,10H2/t12-/m1/s1. The lowest BCUT2D eigenvalue weighted by atomic mass is 10.0. The Balaban J connectivity index is 1.80. The summed E-state index contributed by atoms with van der Waals surface area (Å²) in [5.74, 6) is -0.513. The minimum atomic E-state index is -0.513. The normalized spacial score (nSPS) is 19.9. The fourth-order valence-corrected chi connectivity index (χ4v) is 3.26. The highest BCUT2D eigenvalue weighted by Gasteiger charge is 2.32. The maximum atomic E-state index is 12.2. The summed E-state index contributed by atoms with van der Waals surface area (Å²) >= 11 is 0. The topological polar surface area (TPSA) is 87.2 Å². The molecule has 0 radical (unpaired) electrons. The Kier molecular flexibility index (Phi) is 3.24. The Morgan fingerprint density at radius 3 is 3.04 bits per heavy atom. The second-order valence-electron chi connectivity index (χ2n) is 5.82. The average molecular weight is 318 g/mol. The predicted octanol–water partition coefficient (Wildman–Crippen LogP) is 0.0299. The van der Waals surface area contributed by atoms with Gasteiger partial charge in [-0.3, -0.25) is 14.5 Å². The number of nitriles is 1. The zero-order valence-electron chi connectivity index (χ0n) is 12.9. The van der Waals surface area contributed by atoms with Gasteiger partial charge in [0.1, 0.15) is 11.6 Å². The molecule has 1 fully saturated rings. The quantitative estimate of drug-likeness (QED) is 0.779. The van der Waals surface area contributed by atoms with E-state index in [1.54, 1.807) is 12.3 Å². The van der Waals surface area contributed by atoms with Crippen molar-refractivity contribution in [3.63, 3.8) is 0 Å². The molecule has 1 saturated heterocycles. The SMILES string of the molecule is C=c1cc2c(cn1)=NC(=O)C(C#N)=C2N1CC[C@@H](n2cccn2)C1. The van der Waals surface area contributed by atoms with Crippen LogP contribution in [0.15, 0.2) is 41.3 Å². The van der Waals surface area contributed by atoms with E-state index in [1.165, 1.54) is 6.20 Å². The molecule has 0 spiro atoms. The summed E-state index contributed by atoms with van der Waals surface area (Å²) in [7, 11) is 0. The van der Waals surface area contributed by atoms with E-state index in [2.05, 4.69) is 26.6 Å². The van der Waals surface area contributed by atoms with Crippen LogP contribution in [-0.4, -0.2) is 38.7 Å². The minimum Gasteiger partial charge on any atom is -0.368 e. The third-order valence-corrected chi connectivity index (χ3v) is 4.36. The van der Waals surface area contributed by atoms with Crippen molar-refractivity contribution < 1.29 is 4.79 Å². The Morgan fingerprint density at radius 2 is 2.29 bits per heavy atom. The van der Waals surface area contributed by atoms with E-state index < -0.39 is 5.91 Å². The molecule has 2 aromatic rings. The molecule has 7 heteroatoms. The summed E-state index contributed by atoms with van der Waals surface area (Å²) in [4.78, 5) is 22.4. The van der Waals surface area contributed by atoms with Gasteiger partial charge in [0.2, 0.25) is 0 Å². The number of carbonyl (C=O) groups excluding carboxylic acids is 1. The molecule has 118 valence electrons. The molecule has 1 atom stereocenters. The van der Waals surface area contributed by atoms with Crippen LogP contribution in [0.4, 0.5) is 0 Å². The van der Waals surface area contributed by atoms with Crippen LogP contribution in [0.1, 0.15) is 18.0 Å². The van der Waals surface area contributed by atoms with Gasteiger partial charge in [0.05, 0.1) is 28.6 Å². The molecule has 24 heavy (non-hydrogen) atoms. The predicted molar refractivity (Wildman–Crippen MR) is 85.5 cm³/mol. The molecular formula is C17H14N6O. The van der Waals surface area contributed by atoms with E-state index in [4.69, 9.17) is 0 Å². The van der Waals surface area contributed by atoms with Crippen molar-refractivity contribution in [2.75, 3.05) is 13.1 Å². The highest BCUT2D eigenvalue weighted by atomic mass is 16.1. The second kappa shape index (κ2) is 5.42. The number of hydrogen-bond acceptors (Lipinski definition) is 5. The largest absolute Gasteiger partial charge is 0.368 e. The zero-order chi connectivity index (χ0) is 16.7. The minimum absolute atomic E-state index is 0.0780. The number of fused-ring (bicyclic) bond motifs is 1. The Labute approximate surface area is 137 Å². The van der Waals surface area contributed by atoms with Gasteiger partial charge in [-0.15, -0.1) is 0 Å². The van der Waals surface area contributed by atoms with E-state index in [1.807, 2.05) is 23.0 Å². The molecule has 2 aromatic heterocycles. The van der Waals surface area contributed by atoms with Crippen LogP contribution in [0.3, 0.4) is 0 Å². The van der Waals surface area contributed by atoms with E-state index >= 15 is 0 Å². The molecular weight excluding hydrogens is 304 g/mol. The number of aromatic nitrogens is 3. The van der Waals surface area contributed by atoms with Gasteiger partial charge < -0.3 is 4.90 Å². The van der Waals surface area contributed by atoms with Crippen LogP contribution in [-0.2, 0) is 4.79 Å². The van der Waals surface area contributed by atoms with E-state index in [0.29, 0.717) is 22.9 Å². The number of likely N-dealkylation sites (tertiary alicyclic amines) is 1. The van der Waals surface area contributed by atoms with Crippen molar-refractivity contribution in [3.8, 4) is 6.07 Å². The van der Waals surface area contributed by atoms with Crippen molar-refractivity contribution in [1.82, 2.24) is 19.7 Å². The molecule has 1 amide bonds. The molecule has 2 aliphatic rings. The van der Waals surface area contributed by atoms with Gasteiger partial charge in [-0.2, -0.15) is 10.4 Å². The second-order valence-corrected chi connectivity index (χ2v) is 5.82. The van der Waals surface area contributed by atoms with Crippen LogP contribution in [0, 0.1) is 11.3 Å². The lowest BCUT2D eigenvalue weighted by molar-refractivity contribution is -0.114. The molecule has 0 aliphatic carbocycles. The van der Waals surface area contributed by atoms with Crippen LogP contribution in [0.5, 0.6) is 0 Å².